The number of carbonyl (C=O) groups is 2. The topological polar surface area (TPSA) is 102 Å². The van der Waals surface area contributed by atoms with Crippen molar-refractivity contribution in [2.75, 3.05) is 13.6 Å². The number of hydrogen-bond donors (Lipinski definition) is 1. The summed E-state index contributed by atoms with van der Waals surface area (Å²) in [7, 11) is 1.45. The minimum absolute atomic E-state index is 0.00381. The lowest BCUT2D eigenvalue weighted by atomic mass is 10.1. The Balaban J connectivity index is 2.29. The molecule has 0 saturated carbocycles. The Bertz CT molecular complexity index is 875. The summed E-state index contributed by atoms with van der Waals surface area (Å²) in [5, 5.41) is 13.9. The fourth-order valence-electron chi connectivity index (χ4n) is 2.45. The van der Waals surface area contributed by atoms with E-state index in [2.05, 4.69) is 5.32 Å². The predicted molar refractivity (Wildman–Crippen MR) is 104 cm³/mol. The Labute approximate surface area is 163 Å². The van der Waals surface area contributed by atoms with Crippen LogP contribution < -0.4 is 10.1 Å². The number of hydrogen-bond acceptors (Lipinski definition) is 5. The van der Waals surface area contributed by atoms with Crippen LogP contribution in [0.15, 0.2) is 48.5 Å². The molecule has 0 fully saturated rings. The summed E-state index contributed by atoms with van der Waals surface area (Å²) in [5.74, 6) is -0.235. The zero-order valence-corrected chi connectivity index (χ0v) is 16.3. The van der Waals surface area contributed by atoms with E-state index < -0.39 is 16.4 Å². The third kappa shape index (κ3) is 5.80. The zero-order chi connectivity index (χ0) is 20.9. The summed E-state index contributed by atoms with van der Waals surface area (Å²) in [6.45, 7) is 5.31. The van der Waals surface area contributed by atoms with Crippen LogP contribution in [0.25, 0.3) is 0 Å². The van der Waals surface area contributed by atoms with E-state index in [0.717, 1.165) is 6.07 Å². The van der Waals surface area contributed by atoms with Crippen LogP contribution in [0.3, 0.4) is 0 Å². The lowest BCUT2D eigenvalue weighted by molar-refractivity contribution is -0.384. The predicted octanol–water partition coefficient (Wildman–Crippen LogP) is 3.37. The summed E-state index contributed by atoms with van der Waals surface area (Å²) in [5.41, 5.74) is -0.672. The second-order valence-electron chi connectivity index (χ2n) is 7.31. The molecule has 8 heteroatoms. The van der Waals surface area contributed by atoms with Crippen molar-refractivity contribution in [1.29, 1.82) is 0 Å². The number of nitro benzene ring substituents is 1. The van der Waals surface area contributed by atoms with Crippen LogP contribution >= 0.6 is 0 Å². The Morgan fingerprint density at radius 3 is 2.36 bits per heavy atom. The molecule has 0 bridgehead atoms. The van der Waals surface area contributed by atoms with E-state index in [1.165, 1.54) is 24.1 Å². The van der Waals surface area contributed by atoms with Crippen molar-refractivity contribution in [3.05, 3.63) is 64.2 Å². The smallest absolute Gasteiger partial charge is 0.270 e. The lowest BCUT2D eigenvalue weighted by Crippen LogP contribution is -2.46. The first kappa shape index (κ1) is 20.9. The average Bonchev–Trinajstić information content (AvgIpc) is 2.60. The number of ether oxygens (including phenoxy) is 1. The second kappa shape index (κ2) is 8.51. The quantitative estimate of drug-likeness (QED) is 0.607. The van der Waals surface area contributed by atoms with Gasteiger partial charge in [-0.05, 0) is 39.0 Å². The van der Waals surface area contributed by atoms with E-state index in [0.29, 0.717) is 5.75 Å². The Kier molecular flexibility index (Phi) is 6.35. The highest BCUT2D eigenvalue weighted by molar-refractivity contribution is 5.99. The number of amides is 2. The van der Waals surface area contributed by atoms with Gasteiger partial charge >= 0.3 is 0 Å². The van der Waals surface area contributed by atoms with Gasteiger partial charge in [-0.3, -0.25) is 19.7 Å². The molecule has 8 nitrogen and oxygen atoms in total. The van der Waals surface area contributed by atoms with Crippen LogP contribution in [0.4, 0.5) is 5.69 Å². The van der Waals surface area contributed by atoms with E-state index in [-0.39, 0.29) is 29.5 Å². The van der Waals surface area contributed by atoms with E-state index in [1.54, 1.807) is 24.3 Å². The third-order valence-corrected chi connectivity index (χ3v) is 3.62. The fraction of sp³-hybridized carbons (Fsp3) is 0.300. The summed E-state index contributed by atoms with van der Waals surface area (Å²) >= 11 is 0. The van der Waals surface area contributed by atoms with Crippen molar-refractivity contribution in [1.82, 2.24) is 10.2 Å². The van der Waals surface area contributed by atoms with Gasteiger partial charge in [-0.1, -0.05) is 18.2 Å². The summed E-state index contributed by atoms with van der Waals surface area (Å²) in [4.78, 5) is 36.7. The molecule has 0 radical (unpaired) electrons. The minimum atomic E-state index is -0.588. The van der Waals surface area contributed by atoms with Crippen molar-refractivity contribution < 1.29 is 19.2 Å². The van der Waals surface area contributed by atoms with Gasteiger partial charge in [-0.15, -0.1) is 0 Å². The number of nitrogens with zero attached hydrogens (tertiary/aromatic N) is 2. The number of non-ortho nitro benzene ring substituents is 1. The van der Waals surface area contributed by atoms with Crippen molar-refractivity contribution in [3.8, 4) is 11.5 Å². The number of nitro groups is 1. The molecular formula is C20H23N3O5. The minimum Gasteiger partial charge on any atom is -0.457 e. The molecule has 0 unspecified atom stereocenters. The van der Waals surface area contributed by atoms with Crippen LogP contribution in [0, 0.1) is 10.1 Å². The molecule has 2 rings (SSSR count). The first-order chi connectivity index (χ1) is 13.1. The normalized spacial score (nSPS) is 10.9. The van der Waals surface area contributed by atoms with Crippen LogP contribution in [-0.2, 0) is 4.79 Å². The van der Waals surface area contributed by atoms with Crippen molar-refractivity contribution >= 4 is 17.5 Å². The Morgan fingerprint density at radius 2 is 1.79 bits per heavy atom. The number of rotatable bonds is 6. The van der Waals surface area contributed by atoms with Crippen LogP contribution in [0.5, 0.6) is 11.5 Å². The van der Waals surface area contributed by atoms with Gasteiger partial charge in [0.15, 0.2) is 0 Å². The van der Waals surface area contributed by atoms with Crippen LogP contribution in [-0.4, -0.2) is 40.8 Å². The molecule has 2 aromatic rings. The van der Waals surface area contributed by atoms with Crippen molar-refractivity contribution in [3.63, 3.8) is 0 Å². The van der Waals surface area contributed by atoms with Gasteiger partial charge in [0, 0.05) is 24.7 Å². The molecule has 28 heavy (non-hydrogen) atoms. The Hall–Kier alpha value is -3.42. The average molecular weight is 385 g/mol. The largest absolute Gasteiger partial charge is 0.457 e. The molecule has 1 N–H and O–H groups in total. The van der Waals surface area contributed by atoms with Crippen molar-refractivity contribution in [2.24, 2.45) is 0 Å². The maximum Gasteiger partial charge on any atom is 0.270 e. The Morgan fingerprint density at radius 1 is 1.14 bits per heavy atom. The SMILES string of the molecule is CN(CC(=O)NC(C)(C)C)C(=O)c1cc([N+](=O)[O-])ccc1Oc1ccccc1. The molecule has 0 aromatic heterocycles. The number of likely N-dealkylation sites (N-methyl/N-ethyl adjacent to an activating group) is 1. The molecule has 0 spiro atoms. The highest BCUT2D eigenvalue weighted by Gasteiger charge is 2.24. The van der Waals surface area contributed by atoms with Gasteiger partial charge in [0.05, 0.1) is 17.0 Å². The first-order valence-electron chi connectivity index (χ1n) is 8.64. The lowest BCUT2D eigenvalue weighted by Gasteiger charge is -2.24. The number of benzene rings is 2. The van der Waals surface area contributed by atoms with Crippen LogP contribution in [0.1, 0.15) is 31.1 Å². The van der Waals surface area contributed by atoms with E-state index in [4.69, 9.17) is 4.74 Å². The molecule has 0 heterocycles. The van der Waals surface area contributed by atoms with E-state index in [1.807, 2.05) is 26.8 Å². The molecule has 0 aliphatic carbocycles. The standard InChI is InChI=1S/C20H23N3O5/c1-20(2,3)21-18(24)13-22(4)19(25)16-12-14(23(26)27)10-11-17(16)28-15-8-6-5-7-9-15/h5-12H,13H2,1-4H3,(H,21,24). The second-order valence-corrected chi connectivity index (χ2v) is 7.31. The maximum absolute atomic E-state index is 12.9. The third-order valence-electron chi connectivity index (χ3n) is 3.62. The number of nitrogens with one attached hydrogen (secondary N) is 1. The highest BCUT2D eigenvalue weighted by atomic mass is 16.6. The number of carbonyl (C=O) groups excluding carboxylic acids is 2. The molecule has 0 saturated heterocycles. The molecule has 0 aliphatic rings. The van der Waals surface area contributed by atoms with Gasteiger partial charge in [0.25, 0.3) is 11.6 Å². The highest BCUT2D eigenvalue weighted by Crippen LogP contribution is 2.29. The van der Waals surface area contributed by atoms with Gasteiger partial charge in [0.1, 0.15) is 11.5 Å². The zero-order valence-electron chi connectivity index (χ0n) is 16.3. The monoisotopic (exact) mass is 385 g/mol. The fourth-order valence-corrected chi connectivity index (χ4v) is 2.45. The molecule has 148 valence electrons. The molecule has 0 atom stereocenters. The molecule has 2 aromatic carbocycles. The van der Waals surface area contributed by atoms with E-state index in [9.17, 15) is 19.7 Å². The van der Waals surface area contributed by atoms with Crippen molar-refractivity contribution in [2.45, 2.75) is 26.3 Å². The van der Waals surface area contributed by atoms with Crippen LogP contribution in [0.2, 0.25) is 0 Å². The summed E-state index contributed by atoms with van der Waals surface area (Å²) in [6, 6.07) is 12.6. The first-order valence-corrected chi connectivity index (χ1v) is 8.64. The number of para-hydroxylation sites is 1. The van der Waals surface area contributed by atoms with Gasteiger partial charge in [-0.2, -0.15) is 0 Å². The van der Waals surface area contributed by atoms with Gasteiger partial charge in [0.2, 0.25) is 5.91 Å². The molecular weight excluding hydrogens is 362 g/mol. The maximum atomic E-state index is 12.9. The van der Waals surface area contributed by atoms with Gasteiger partial charge in [-0.25, -0.2) is 0 Å². The summed E-state index contributed by atoms with van der Waals surface area (Å²) < 4.78 is 5.73. The molecule has 0 aliphatic heterocycles. The van der Waals surface area contributed by atoms with E-state index >= 15 is 0 Å². The molecule has 2 amide bonds. The summed E-state index contributed by atoms with van der Waals surface area (Å²) in [6.07, 6.45) is 0. The van der Waals surface area contributed by atoms with Gasteiger partial charge < -0.3 is 15.0 Å².